The van der Waals surface area contributed by atoms with E-state index >= 15 is 0 Å². The predicted molar refractivity (Wildman–Crippen MR) is 111 cm³/mol. The number of nitrogens with zero attached hydrogens (tertiary/aromatic N) is 1. The summed E-state index contributed by atoms with van der Waals surface area (Å²) in [7, 11) is 0. The Kier molecular flexibility index (Phi) is 6.78. The van der Waals surface area contributed by atoms with E-state index in [9.17, 15) is 23.1 Å². The first-order chi connectivity index (χ1) is 14.1. The molecule has 2 aromatic carbocycles. The third-order valence-corrected chi connectivity index (χ3v) is 6.04. The lowest BCUT2D eigenvalue weighted by Gasteiger charge is -2.40. The average molecular weight is 440 g/mol. The van der Waals surface area contributed by atoms with Crippen LogP contribution in [0.4, 0.5) is 13.2 Å². The number of alkyl halides is 3. The molecule has 0 saturated carbocycles. The zero-order valence-corrected chi connectivity index (χ0v) is 17.7. The molecule has 0 aliphatic carbocycles. The van der Waals surface area contributed by atoms with Gasteiger partial charge in [0.15, 0.2) is 0 Å². The molecule has 0 amide bonds. The lowest BCUT2D eigenvalue weighted by Crippen LogP contribution is -2.47. The molecule has 1 N–H and O–H groups in total. The number of aliphatic carboxylic acids is 1. The van der Waals surface area contributed by atoms with E-state index in [-0.39, 0.29) is 10.6 Å². The van der Waals surface area contributed by atoms with Crippen LogP contribution in [0.2, 0.25) is 5.02 Å². The minimum absolute atomic E-state index is 0.190. The Morgan fingerprint density at radius 1 is 1.10 bits per heavy atom. The number of benzene rings is 2. The molecule has 0 spiro atoms. The quantitative estimate of drug-likeness (QED) is 0.577. The minimum Gasteiger partial charge on any atom is -0.480 e. The fourth-order valence-corrected chi connectivity index (χ4v) is 4.29. The van der Waals surface area contributed by atoms with Crippen molar-refractivity contribution in [2.24, 2.45) is 0 Å². The van der Waals surface area contributed by atoms with Crippen LogP contribution in [0.25, 0.3) is 0 Å². The highest BCUT2D eigenvalue weighted by molar-refractivity contribution is 6.31. The maximum Gasteiger partial charge on any atom is 0.416 e. The largest absolute Gasteiger partial charge is 0.480 e. The van der Waals surface area contributed by atoms with Gasteiger partial charge in [-0.2, -0.15) is 13.2 Å². The molecule has 2 atom stereocenters. The fraction of sp³-hybridized carbons (Fsp3) is 0.435. The van der Waals surface area contributed by atoms with Crippen LogP contribution in [0.3, 0.4) is 0 Å². The second kappa shape index (κ2) is 8.98. The molecule has 0 radical (unpaired) electrons. The molecule has 0 bridgehead atoms. The van der Waals surface area contributed by atoms with Gasteiger partial charge in [0.25, 0.3) is 0 Å². The van der Waals surface area contributed by atoms with E-state index in [1.54, 1.807) is 4.90 Å². The first kappa shape index (κ1) is 22.6. The number of carbonyl (C=O) groups is 1. The molecule has 7 heteroatoms. The van der Waals surface area contributed by atoms with Crippen LogP contribution in [-0.2, 0) is 11.0 Å². The third kappa shape index (κ3) is 4.81. The smallest absolute Gasteiger partial charge is 0.416 e. The normalized spacial score (nSPS) is 19.1. The minimum atomic E-state index is -4.51. The van der Waals surface area contributed by atoms with Gasteiger partial charge in [-0.3, -0.25) is 9.69 Å². The molecule has 1 fully saturated rings. The Hall–Kier alpha value is -2.05. The highest BCUT2D eigenvalue weighted by Gasteiger charge is 2.38. The van der Waals surface area contributed by atoms with Crippen molar-refractivity contribution >= 4 is 17.6 Å². The number of likely N-dealkylation sites (tertiary alicyclic amines) is 1. The van der Waals surface area contributed by atoms with E-state index in [0.29, 0.717) is 18.9 Å². The zero-order chi connectivity index (χ0) is 22.1. The standard InChI is InChI=1S/C23H25ClF3NO2/c1-14(2)15-6-8-16(9-7-15)21(28-12-4-3-5-20(28)22(29)30)18-13-17(23(25,26)27)10-11-19(18)24/h6-11,13-14,20-21H,3-5,12H2,1-2H3,(H,29,30). The Morgan fingerprint density at radius 3 is 2.30 bits per heavy atom. The van der Waals surface area contributed by atoms with Crippen molar-refractivity contribution < 1.29 is 23.1 Å². The number of hydrogen-bond donors (Lipinski definition) is 1. The summed E-state index contributed by atoms with van der Waals surface area (Å²) in [5, 5.41) is 9.96. The number of rotatable bonds is 5. The summed E-state index contributed by atoms with van der Waals surface area (Å²) in [6.45, 7) is 4.59. The van der Waals surface area contributed by atoms with E-state index in [1.807, 2.05) is 24.3 Å². The van der Waals surface area contributed by atoms with Gasteiger partial charge >= 0.3 is 12.1 Å². The number of piperidine rings is 1. The molecule has 1 aliphatic rings. The monoisotopic (exact) mass is 439 g/mol. The van der Waals surface area contributed by atoms with Crippen LogP contribution in [0.5, 0.6) is 0 Å². The van der Waals surface area contributed by atoms with Crippen molar-refractivity contribution in [3.05, 3.63) is 69.7 Å². The van der Waals surface area contributed by atoms with Crippen molar-refractivity contribution in [2.75, 3.05) is 6.54 Å². The van der Waals surface area contributed by atoms with Gasteiger partial charge in [0.05, 0.1) is 11.6 Å². The van der Waals surface area contributed by atoms with Crippen LogP contribution in [0, 0.1) is 0 Å². The van der Waals surface area contributed by atoms with Crippen LogP contribution in [-0.4, -0.2) is 28.6 Å². The van der Waals surface area contributed by atoms with E-state index in [0.717, 1.165) is 36.1 Å². The predicted octanol–water partition coefficient (Wildman–Crippen LogP) is 6.51. The first-order valence-corrected chi connectivity index (χ1v) is 10.4. The van der Waals surface area contributed by atoms with Gasteiger partial charge in [-0.25, -0.2) is 0 Å². The van der Waals surface area contributed by atoms with Crippen molar-refractivity contribution in [1.82, 2.24) is 4.90 Å². The van der Waals surface area contributed by atoms with Gasteiger partial charge in [-0.1, -0.05) is 56.1 Å². The van der Waals surface area contributed by atoms with E-state index in [1.165, 1.54) is 6.07 Å². The zero-order valence-electron chi connectivity index (χ0n) is 16.9. The molecule has 0 aromatic heterocycles. The first-order valence-electron chi connectivity index (χ1n) is 10.0. The molecule has 1 heterocycles. The van der Waals surface area contributed by atoms with E-state index < -0.39 is 29.8 Å². The Morgan fingerprint density at radius 2 is 1.73 bits per heavy atom. The Balaban J connectivity index is 2.16. The van der Waals surface area contributed by atoms with Crippen molar-refractivity contribution in [3.63, 3.8) is 0 Å². The molecule has 3 nitrogen and oxygen atoms in total. The number of carboxylic acid groups (broad SMARTS) is 1. The number of hydrogen-bond acceptors (Lipinski definition) is 2. The second-order valence-electron chi connectivity index (χ2n) is 8.05. The van der Waals surface area contributed by atoms with Gasteiger partial charge in [-0.05, 0) is 60.2 Å². The Bertz CT molecular complexity index is 896. The summed E-state index contributed by atoms with van der Waals surface area (Å²) in [4.78, 5) is 13.7. The van der Waals surface area contributed by atoms with Crippen molar-refractivity contribution in [2.45, 2.75) is 57.3 Å². The van der Waals surface area contributed by atoms with Crippen LogP contribution >= 0.6 is 11.6 Å². The van der Waals surface area contributed by atoms with Crippen molar-refractivity contribution in [1.29, 1.82) is 0 Å². The van der Waals surface area contributed by atoms with Crippen LogP contribution < -0.4 is 0 Å². The van der Waals surface area contributed by atoms with Gasteiger partial charge in [0.2, 0.25) is 0 Å². The summed E-state index contributed by atoms with van der Waals surface area (Å²) in [5.74, 6) is -0.669. The number of carboxylic acids is 1. The Labute approximate surface area is 179 Å². The molecular weight excluding hydrogens is 415 g/mol. The summed E-state index contributed by atoms with van der Waals surface area (Å²) in [6, 6.07) is 9.40. The van der Waals surface area contributed by atoms with E-state index in [2.05, 4.69) is 13.8 Å². The molecule has 2 unspecified atom stereocenters. The molecular formula is C23H25ClF3NO2. The average Bonchev–Trinajstić information content (AvgIpc) is 2.69. The summed E-state index contributed by atoms with van der Waals surface area (Å²) < 4.78 is 40.2. The van der Waals surface area contributed by atoms with E-state index in [4.69, 9.17) is 11.6 Å². The number of halogens is 4. The highest BCUT2D eigenvalue weighted by Crippen LogP contribution is 2.40. The molecule has 162 valence electrons. The lowest BCUT2D eigenvalue weighted by atomic mass is 9.89. The molecule has 1 aliphatic heterocycles. The molecule has 30 heavy (non-hydrogen) atoms. The molecule has 3 rings (SSSR count). The molecule has 2 aromatic rings. The summed E-state index contributed by atoms with van der Waals surface area (Å²) in [6.07, 6.45) is -2.52. The highest BCUT2D eigenvalue weighted by atomic mass is 35.5. The SMILES string of the molecule is CC(C)c1ccc(C(c2cc(C(F)(F)F)ccc2Cl)N2CCCCC2C(=O)O)cc1. The summed E-state index contributed by atoms with van der Waals surface area (Å²) >= 11 is 6.38. The maximum absolute atomic E-state index is 13.4. The second-order valence-corrected chi connectivity index (χ2v) is 8.45. The van der Waals surface area contributed by atoms with Crippen LogP contribution in [0.1, 0.15) is 67.3 Å². The lowest BCUT2D eigenvalue weighted by molar-refractivity contribution is -0.145. The van der Waals surface area contributed by atoms with Crippen molar-refractivity contribution in [3.8, 4) is 0 Å². The maximum atomic E-state index is 13.4. The van der Waals surface area contributed by atoms with Gasteiger partial charge < -0.3 is 5.11 Å². The summed E-state index contributed by atoms with van der Waals surface area (Å²) in [5.41, 5.74) is 1.31. The molecule has 1 saturated heterocycles. The van der Waals surface area contributed by atoms with Gasteiger partial charge in [0, 0.05) is 5.02 Å². The third-order valence-electron chi connectivity index (χ3n) is 5.70. The van der Waals surface area contributed by atoms with Crippen LogP contribution in [0.15, 0.2) is 42.5 Å². The fourth-order valence-electron chi connectivity index (χ4n) is 4.07. The van der Waals surface area contributed by atoms with Gasteiger partial charge in [-0.15, -0.1) is 0 Å². The topological polar surface area (TPSA) is 40.5 Å². The van der Waals surface area contributed by atoms with Gasteiger partial charge in [0.1, 0.15) is 6.04 Å².